The molecule has 0 bridgehead atoms. The molecule has 1 aliphatic rings. The molecule has 1 aromatic heterocycles. The van der Waals surface area contributed by atoms with E-state index >= 15 is 0 Å². The quantitative estimate of drug-likeness (QED) is 0.807. The molecule has 0 atom stereocenters. The van der Waals surface area contributed by atoms with E-state index in [-0.39, 0.29) is 5.91 Å². The Labute approximate surface area is 157 Å². The van der Waals surface area contributed by atoms with Crippen LogP contribution in [-0.2, 0) is 4.74 Å². The minimum Gasteiger partial charge on any atom is -0.379 e. The van der Waals surface area contributed by atoms with Crippen molar-refractivity contribution in [2.75, 3.05) is 50.0 Å². The van der Waals surface area contributed by atoms with Gasteiger partial charge in [0.15, 0.2) is 0 Å². The van der Waals surface area contributed by atoms with Crippen LogP contribution in [0.5, 0.6) is 0 Å². The van der Waals surface area contributed by atoms with E-state index in [1.807, 2.05) is 13.0 Å². The van der Waals surface area contributed by atoms with Gasteiger partial charge in [-0.3, -0.25) is 9.69 Å². The molecule has 138 valence electrons. The maximum absolute atomic E-state index is 12.5. The van der Waals surface area contributed by atoms with Gasteiger partial charge in [0, 0.05) is 43.1 Å². The molecule has 3 rings (SSSR count). The molecule has 1 aliphatic heterocycles. The highest BCUT2D eigenvalue weighted by Gasteiger charge is 2.12. The number of benzene rings is 1. The summed E-state index contributed by atoms with van der Waals surface area (Å²) in [5.41, 5.74) is 1.79. The summed E-state index contributed by atoms with van der Waals surface area (Å²) in [6, 6.07) is 6.97. The summed E-state index contributed by atoms with van der Waals surface area (Å²) in [5, 5.41) is 6.61. The number of halogens is 1. The summed E-state index contributed by atoms with van der Waals surface area (Å²) in [6.45, 7) is 6.86. The molecule has 1 amide bonds. The third-order valence-electron chi connectivity index (χ3n) is 4.22. The Hall–Kier alpha value is -2.22. The molecule has 0 unspecified atom stereocenters. The van der Waals surface area contributed by atoms with Crippen molar-refractivity contribution < 1.29 is 9.53 Å². The highest BCUT2D eigenvalue weighted by molar-refractivity contribution is 6.31. The predicted octanol–water partition coefficient (Wildman–Crippen LogP) is 2.43. The van der Waals surface area contributed by atoms with E-state index in [0.717, 1.165) is 38.4 Å². The van der Waals surface area contributed by atoms with Gasteiger partial charge in [0.1, 0.15) is 5.69 Å². The molecule has 1 saturated heterocycles. The first-order valence-electron chi connectivity index (χ1n) is 8.57. The number of nitrogens with zero attached hydrogens (tertiary/aromatic N) is 3. The number of amides is 1. The minimum absolute atomic E-state index is 0.297. The van der Waals surface area contributed by atoms with Gasteiger partial charge >= 0.3 is 0 Å². The van der Waals surface area contributed by atoms with Gasteiger partial charge in [-0.1, -0.05) is 17.7 Å². The van der Waals surface area contributed by atoms with Gasteiger partial charge in [0.2, 0.25) is 5.95 Å². The highest BCUT2D eigenvalue weighted by atomic mass is 35.5. The Kier molecular flexibility index (Phi) is 6.38. The van der Waals surface area contributed by atoms with Crippen molar-refractivity contribution in [3.05, 3.63) is 46.7 Å². The second kappa shape index (κ2) is 8.93. The van der Waals surface area contributed by atoms with Gasteiger partial charge in [-0.05, 0) is 30.7 Å². The number of hydrogen-bond donors (Lipinski definition) is 2. The number of aromatic nitrogens is 2. The Morgan fingerprint density at radius 2 is 2.12 bits per heavy atom. The topological polar surface area (TPSA) is 79.4 Å². The molecular formula is C18H22ClN5O2. The number of rotatable bonds is 6. The van der Waals surface area contributed by atoms with Gasteiger partial charge in [0.05, 0.1) is 13.2 Å². The second-order valence-electron chi connectivity index (χ2n) is 6.01. The summed E-state index contributed by atoms with van der Waals surface area (Å²) in [5.74, 6) is 0.141. The summed E-state index contributed by atoms with van der Waals surface area (Å²) in [4.78, 5) is 23.2. The van der Waals surface area contributed by atoms with Crippen molar-refractivity contribution in [1.82, 2.24) is 14.9 Å². The van der Waals surface area contributed by atoms with Crippen LogP contribution in [0.3, 0.4) is 0 Å². The first-order valence-corrected chi connectivity index (χ1v) is 8.95. The second-order valence-corrected chi connectivity index (χ2v) is 6.42. The first-order chi connectivity index (χ1) is 12.6. The van der Waals surface area contributed by atoms with Crippen molar-refractivity contribution in [3.63, 3.8) is 0 Å². The summed E-state index contributed by atoms with van der Waals surface area (Å²) in [6.07, 6.45) is 1.57. The molecule has 0 aliphatic carbocycles. The third kappa shape index (κ3) is 4.91. The normalized spacial score (nSPS) is 14.8. The fourth-order valence-electron chi connectivity index (χ4n) is 2.65. The van der Waals surface area contributed by atoms with E-state index < -0.39 is 0 Å². The van der Waals surface area contributed by atoms with Gasteiger partial charge in [-0.2, -0.15) is 0 Å². The molecule has 2 heterocycles. The Bertz CT molecular complexity index is 765. The average molecular weight is 376 g/mol. The van der Waals surface area contributed by atoms with Crippen LogP contribution in [-0.4, -0.2) is 60.2 Å². The lowest BCUT2D eigenvalue weighted by atomic mass is 10.2. The Morgan fingerprint density at radius 1 is 1.31 bits per heavy atom. The monoisotopic (exact) mass is 375 g/mol. The van der Waals surface area contributed by atoms with Gasteiger partial charge in [-0.25, -0.2) is 9.97 Å². The molecule has 26 heavy (non-hydrogen) atoms. The molecule has 0 saturated carbocycles. The fraction of sp³-hybridized carbons (Fsp3) is 0.389. The van der Waals surface area contributed by atoms with Crippen molar-refractivity contribution in [1.29, 1.82) is 0 Å². The van der Waals surface area contributed by atoms with E-state index in [1.165, 1.54) is 0 Å². The molecule has 0 radical (unpaired) electrons. The Balaban J connectivity index is 1.57. The van der Waals surface area contributed by atoms with Crippen LogP contribution in [0.1, 0.15) is 16.1 Å². The smallest absolute Gasteiger partial charge is 0.274 e. The lowest BCUT2D eigenvalue weighted by Crippen LogP contribution is -2.39. The fourth-order valence-corrected chi connectivity index (χ4v) is 2.82. The van der Waals surface area contributed by atoms with Gasteiger partial charge in [-0.15, -0.1) is 0 Å². The van der Waals surface area contributed by atoms with Crippen LogP contribution in [0.25, 0.3) is 0 Å². The maximum Gasteiger partial charge on any atom is 0.274 e. The van der Waals surface area contributed by atoms with Crippen LogP contribution >= 0.6 is 11.6 Å². The Morgan fingerprint density at radius 3 is 2.92 bits per heavy atom. The van der Waals surface area contributed by atoms with Crippen LogP contribution in [0.4, 0.5) is 11.6 Å². The average Bonchev–Trinajstić information content (AvgIpc) is 2.66. The number of anilines is 2. The van der Waals surface area contributed by atoms with Gasteiger partial charge < -0.3 is 15.4 Å². The van der Waals surface area contributed by atoms with Crippen LogP contribution in [0, 0.1) is 6.92 Å². The number of morpholine rings is 1. The van der Waals surface area contributed by atoms with E-state index in [1.54, 1.807) is 24.4 Å². The zero-order valence-corrected chi connectivity index (χ0v) is 15.4. The minimum atomic E-state index is -0.297. The number of carbonyl (C=O) groups excluding carboxylic acids is 1. The lowest BCUT2D eigenvalue weighted by Gasteiger charge is -2.26. The van der Waals surface area contributed by atoms with Gasteiger partial charge in [0.25, 0.3) is 5.91 Å². The SMILES string of the molecule is Cc1c(Cl)cccc1NC(=O)c1ccnc(NCCN2CCOCC2)n1. The highest BCUT2D eigenvalue weighted by Crippen LogP contribution is 2.23. The third-order valence-corrected chi connectivity index (χ3v) is 4.63. The first kappa shape index (κ1) is 18.6. The zero-order chi connectivity index (χ0) is 18.4. The largest absolute Gasteiger partial charge is 0.379 e. The zero-order valence-electron chi connectivity index (χ0n) is 14.7. The maximum atomic E-state index is 12.5. The summed E-state index contributed by atoms with van der Waals surface area (Å²) >= 11 is 6.09. The number of ether oxygens (including phenoxy) is 1. The molecule has 2 N–H and O–H groups in total. The van der Waals surface area contributed by atoms with E-state index in [0.29, 0.717) is 28.9 Å². The lowest BCUT2D eigenvalue weighted by molar-refractivity contribution is 0.0398. The van der Waals surface area contributed by atoms with E-state index in [4.69, 9.17) is 16.3 Å². The molecular weight excluding hydrogens is 354 g/mol. The molecule has 7 nitrogen and oxygen atoms in total. The summed E-state index contributed by atoms with van der Waals surface area (Å²) < 4.78 is 5.33. The molecule has 1 fully saturated rings. The number of nitrogens with one attached hydrogen (secondary N) is 2. The predicted molar refractivity (Wildman–Crippen MR) is 102 cm³/mol. The van der Waals surface area contributed by atoms with Crippen molar-refractivity contribution >= 4 is 29.1 Å². The van der Waals surface area contributed by atoms with Crippen LogP contribution in [0.2, 0.25) is 5.02 Å². The molecule has 0 spiro atoms. The molecule has 1 aromatic carbocycles. The van der Waals surface area contributed by atoms with Crippen molar-refractivity contribution in [2.24, 2.45) is 0 Å². The van der Waals surface area contributed by atoms with Crippen LogP contribution < -0.4 is 10.6 Å². The molecule has 8 heteroatoms. The van der Waals surface area contributed by atoms with Crippen molar-refractivity contribution in [2.45, 2.75) is 6.92 Å². The standard InChI is InChI=1S/C18H22ClN5O2/c1-13-14(19)3-2-4-15(13)22-17(25)16-5-6-20-18(23-16)21-7-8-24-9-11-26-12-10-24/h2-6H,7-12H2,1H3,(H,22,25)(H,20,21,23). The summed E-state index contributed by atoms with van der Waals surface area (Å²) in [7, 11) is 0. The van der Waals surface area contributed by atoms with Crippen LogP contribution in [0.15, 0.2) is 30.5 Å². The van der Waals surface area contributed by atoms with Crippen molar-refractivity contribution in [3.8, 4) is 0 Å². The number of hydrogen-bond acceptors (Lipinski definition) is 6. The molecule has 2 aromatic rings. The van der Waals surface area contributed by atoms with E-state index in [2.05, 4.69) is 25.5 Å². The number of carbonyl (C=O) groups is 1. The van der Waals surface area contributed by atoms with E-state index in [9.17, 15) is 4.79 Å².